The van der Waals surface area contributed by atoms with Gasteiger partial charge in [0.15, 0.2) is 0 Å². The number of aromatic nitrogens is 3. The molecule has 0 unspecified atom stereocenters. The van der Waals surface area contributed by atoms with Gasteiger partial charge in [-0.05, 0) is 27.7 Å². The molecule has 0 radical (unpaired) electrons. The van der Waals surface area contributed by atoms with Crippen molar-refractivity contribution in [3.8, 4) is 6.01 Å². The molecule has 0 saturated heterocycles. The van der Waals surface area contributed by atoms with Gasteiger partial charge in [-0.25, -0.2) is 0 Å². The Morgan fingerprint density at radius 3 is 2.37 bits per heavy atom. The maximum absolute atomic E-state index is 11.1. The lowest BCUT2D eigenvalue weighted by atomic mass is 10.3. The third kappa shape index (κ3) is 4.57. The summed E-state index contributed by atoms with van der Waals surface area (Å²) < 4.78 is 5.39. The standard InChI is InChI=1S/C11H20N6O2/c1-6(2)17(5-8(12)18)10-14-9(13)15-11(16-10)19-7(3)4/h6-7H,5H2,1-4H3,(H2,12,18)(H2,13,14,15,16). The van der Waals surface area contributed by atoms with Crippen LogP contribution in [0.4, 0.5) is 11.9 Å². The van der Waals surface area contributed by atoms with E-state index in [0.29, 0.717) is 0 Å². The molecule has 1 amide bonds. The van der Waals surface area contributed by atoms with Crippen LogP contribution < -0.4 is 21.1 Å². The van der Waals surface area contributed by atoms with Crippen LogP contribution in [0.25, 0.3) is 0 Å². The highest BCUT2D eigenvalue weighted by Crippen LogP contribution is 2.16. The molecule has 4 N–H and O–H groups in total. The summed E-state index contributed by atoms with van der Waals surface area (Å²) in [6.45, 7) is 7.49. The van der Waals surface area contributed by atoms with Gasteiger partial charge in [0.05, 0.1) is 12.6 Å². The Kier molecular flexibility index (Phi) is 4.85. The molecule has 8 nitrogen and oxygen atoms in total. The first-order valence-electron chi connectivity index (χ1n) is 6.02. The summed E-state index contributed by atoms with van der Waals surface area (Å²) in [6, 6.07) is 0.119. The van der Waals surface area contributed by atoms with E-state index in [2.05, 4.69) is 15.0 Å². The van der Waals surface area contributed by atoms with Crippen molar-refractivity contribution in [3.05, 3.63) is 0 Å². The third-order valence-corrected chi connectivity index (χ3v) is 2.17. The monoisotopic (exact) mass is 268 g/mol. The number of hydrogen-bond acceptors (Lipinski definition) is 7. The fraction of sp³-hybridized carbons (Fsp3) is 0.636. The molecule has 0 bridgehead atoms. The molecule has 0 saturated carbocycles. The van der Waals surface area contributed by atoms with E-state index in [1.165, 1.54) is 0 Å². The largest absolute Gasteiger partial charge is 0.461 e. The van der Waals surface area contributed by atoms with Crippen LogP contribution >= 0.6 is 0 Å². The second kappa shape index (κ2) is 6.17. The summed E-state index contributed by atoms with van der Waals surface area (Å²) in [4.78, 5) is 24.8. The fourth-order valence-electron chi connectivity index (χ4n) is 1.41. The van der Waals surface area contributed by atoms with Gasteiger partial charge in [-0.3, -0.25) is 4.79 Å². The van der Waals surface area contributed by atoms with E-state index in [0.717, 1.165) is 0 Å². The predicted molar refractivity (Wildman–Crippen MR) is 71.7 cm³/mol. The van der Waals surface area contributed by atoms with E-state index < -0.39 is 5.91 Å². The molecule has 1 rings (SSSR count). The summed E-state index contributed by atoms with van der Waals surface area (Å²) in [6.07, 6.45) is -0.0849. The van der Waals surface area contributed by atoms with E-state index in [-0.39, 0.29) is 36.6 Å². The molecule has 8 heteroatoms. The van der Waals surface area contributed by atoms with E-state index in [1.807, 2.05) is 27.7 Å². The highest BCUT2D eigenvalue weighted by molar-refractivity contribution is 5.79. The van der Waals surface area contributed by atoms with Gasteiger partial charge in [-0.1, -0.05) is 0 Å². The Balaban J connectivity index is 3.08. The van der Waals surface area contributed by atoms with Gasteiger partial charge in [0.1, 0.15) is 0 Å². The SMILES string of the molecule is CC(C)Oc1nc(N)nc(N(CC(N)=O)C(C)C)n1. The molecule has 1 heterocycles. The molecule has 106 valence electrons. The van der Waals surface area contributed by atoms with Crippen LogP contribution in [0.15, 0.2) is 0 Å². The number of primary amides is 1. The average Bonchev–Trinajstić information content (AvgIpc) is 2.23. The Morgan fingerprint density at radius 1 is 1.26 bits per heavy atom. The van der Waals surface area contributed by atoms with Gasteiger partial charge >= 0.3 is 6.01 Å². The van der Waals surface area contributed by atoms with Crippen molar-refractivity contribution in [1.82, 2.24) is 15.0 Å². The molecule has 0 spiro atoms. The zero-order valence-electron chi connectivity index (χ0n) is 11.6. The van der Waals surface area contributed by atoms with E-state index >= 15 is 0 Å². The van der Waals surface area contributed by atoms with Crippen molar-refractivity contribution in [2.24, 2.45) is 5.73 Å². The Hall–Kier alpha value is -2.12. The topological polar surface area (TPSA) is 120 Å². The number of nitrogens with zero attached hydrogens (tertiary/aromatic N) is 4. The quantitative estimate of drug-likeness (QED) is 0.741. The predicted octanol–water partition coefficient (Wildman–Crippen LogP) is -0.0589. The first-order valence-corrected chi connectivity index (χ1v) is 6.02. The number of carbonyl (C=O) groups is 1. The summed E-state index contributed by atoms with van der Waals surface area (Å²) in [5.41, 5.74) is 10.8. The van der Waals surface area contributed by atoms with Crippen LogP contribution in [0.2, 0.25) is 0 Å². The Morgan fingerprint density at radius 2 is 1.89 bits per heavy atom. The first kappa shape index (κ1) is 14.9. The van der Waals surface area contributed by atoms with Crippen LogP contribution in [-0.4, -0.2) is 39.5 Å². The number of hydrogen-bond donors (Lipinski definition) is 2. The smallest absolute Gasteiger partial charge is 0.323 e. The highest BCUT2D eigenvalue weighted by Gasteiger charge is 2.18. The van der Waals surface area contributed by atoms with E-state index in [9.17, 15) is 4.79 Å². The fourth-order valence-corrected chi connectivity index (χ4v) is 1.41. The number of anilines is 2. The molecule has 0 aliphatic rings. The summed E-state index contributed by atoms with van der Waals surface area (Å²) in [7, 11) is 0. The minimum atomic E-state index is -0.473. The number of carbonyl (C=O) groups excluding carboxylic acids is 1. The highest BCUT2D eigenvalue weighted by atomic mass is 16.5. The molecule has 0 aliphatic carbocycles. The third-order valence-electron chi connectivity index (χ3n) is 2.17. The minimum Gasteiger partial charge on any atom is -0.461 e. The van der Waals surface area contributed by atoms with Crippen LogP contribution in [0.1, 0.15) is 27.7 Å². The lowest BCUT2D eigenvalue weighted by Crippen LogP contribution is -2.40. The second-order valence-corrected chi connectivity index (χ2v) is 4.63. The van der Waals surface area contributed by atoms with E-state index in [1.54, 1.807) is 4.90 Å². The molecular formula is C11H20N6O2. The Labute approximate surface area is 112 Å². The molecule has 0 fully saturated rings. The molecule has 1 aromatic heterocycles. The van der Waals surface area contributed by atoms with Crippen molar-refractivity contribution in [2.45, 2.75) is 39.8 Å². The van der Waals surface area contributed by atoms with Gasteiger partial charge in [0.2, 0.25) is 17.8 Å². The number of ether oxygens (including phenoxy) is 1. The summed E-state index contributed by atoms with van der Waals surface area (Å²) in [5.74, 6) is -0.160. The number of nitrogens with two attached hydrogens (primary N) is 2. The molecule has 0 aromatic carbocycles. The van der Waals surface area contributed by atoms with Crippen molar-refractivity contribution >= 4 is 17.8 Å². The van der Waals surface area contributed by atoms with Gasteiger partial charge in [-0.2, -0.15) is 15.0 Å². The van der Waals surface area contributed by atoms with Crippen LogP contribution in [0.3, 0.4) is 0 Å². The maximum atomic E-state index is 11.1. The molecule has 0 aliphatic heterocycles. The van der Waals surface area contributed by atoms with Crippen molar-refractivity contribution in [3.63, 3.8) is 0 Å². The second-order valence-electron chi connectivity index (χ2n) is 4.63. The maximum Gasteiger partial charge on any atom is 0.323 e. The van der Waals surface area contributed by atoms with Gasteiger partial charge in [0.25, 0.3) is 0 Å². The molecular weight excluding hydrogens is 248 g/mol. The van der Waals surface area contributed by atoms with E-state index in [4.69, 9.17) is 16.2 Å². The summed E-state index contributed by atoms with van der Waals surface area (Å²) >= 11 is 0. The van der Waals surface area contributed by atoms with Crippen LogP contribution in [0.5, 0.6) is 6.01 Å². The average molecular weight is 268 g/mol. The minimum absolute atomic E-state index is 0.00222. The van der Waals surface area contributed by atoms with Gasteiger partial charge in [0, 0.05) is 6.04 Å². The van der Waals surface area contributed by atoms with Crippen molar-refractivity contribution in [1.29, 1.82) is 0 Å². The van der Waals surface area contributed by atoms with Crippen molar-refractivity contribution in [2.75, 3.05) is 17.2 Å². The number of rotatable bonds is 6. The number of nitrogen functional groups attached to an aromatic ring is 1. The number of amides is 1. The van der Waals surface area contributed by atoms with Gasteiger partial charge < -0.3 is 21.1 Å². The normalized spacial score (nSPS) is 10.8. The molecule has 0 atom stereocenters. The zero-order chi connectivity index (χ0) is 14.6. The molecule has 1 aromatic rings. The van der Waals surface area contributed by atoms with Gasteiger partial charge in [-0.15, -0.1) is 0 Å². The molecule has 19 heavy (non-hydrogen) atoms. The summed E-state index contributed by atoms with van der Waals surface area (Å²) in [5, 5.41) is 0. The Bertz CT molecular complexity index is 449. The van der Waals surface area contributed by atoms with Crippen molar-refractivity contribution < 1.29 is 9.53 Å². The zero-order valence-corrected chi connectivity index (χ0v) is 11.6. The van der Waals surface area contributed by atoms with Crippen LogP contribution in [-0.2, 0) is 4.79 Å². The van der Waals surface area contributed by atoms with Crippen LogP contribution in [0, 0.1) is 0 Å². The lowest BCUT2D eigenvalue weighted by Gasteiger charge is -2.25. The lowest BCUT2D eigenvalue weighted by molar-refractivity contribution is -0.116. The first-order chi connectivity index (χ1) is 8.79.